The summed E-state index contributed by atoms with van der Waals surface area (Å²) in [4.78, 5) is 36.0. The number of halogens is 1. The van der Waals surface area contributed by atoms with Gasteiger partial charge in [0.15, 0.2) is 18.0 Å². The molecule has 2 saturated heterocycles. The van der Waals surface area contributed by atoms with E-state index in [-0.39, 0.29) is 25.3 Å². The number of ether oxygens (including phenoxy) is 2. The molecule has 38 heavy (non-hydrogen) atoms. The van der Waals surface area contributed by atoms with Crippen LogP contribution < -0.4 is 4.72 Å². The van der Waals surface area contributed by atoms with Gasteiger partial charge in [0, 0.05) is 31.8 Å². The lowest BCUT2D eigenvalue weighted by atomic mass is 9.91. The second kappa shape index (κ2) is 11.4. The molecular formula is C25H36ClN5O6S. The number of guanidine groups is 1. The molecule has 3 heterocycles. The van der Waals surface area contributed by atoms with Gasteiger partial charge in [0.2, 0.25) is 16.0 Å². The summed E-state index contributed by atoms with van der Waals surface area (Å²) in [5, 5.41) is -0.169. The summed E-state index contributed by atoms with van der Waals surface area (Å²) in [6.07, 6.45) is 2.17. The highest BCUT2D eigenvalue weighted by molar-refractivity contribution is 7.90. The van der Waals surface area contributed by atoms with Crippen molar-refractivity contribution in [3.8, 4) is 0 Å². The van der Waals surface area contributed by atoms with Crippen LogP contribution in [0.4, 0.5) is 4.79 Å². The fourth-order valence-electron chi connectivity index (χ4n) is 4.83. The second-order valence-electron chi connectivity index (χ2n) is 10.3. The van der Waals surface area contributed by atoms with Gasteiger partial charge in [-0.25, -0.2) is 18.2 Å². The summed E-state index contributed by atoms with van der Waals surface area (Å²) in [5.41, 5.74) is -0.544. The Morgan fingerprint density at radius 1 is 1.24 bits per heavy atom. The van der Waals surface area contributed by atoms with Gasteiger partial charge in [-0.05, 0) is 64.2 Å². The maximum Gasteiger partial charge on any atom is 0.328 e. The molecule has 2 fully saturated rings. The fourth-order valence-corrected chi connectivity index (χ4v) is 5.61. The van der Waals surface area contributed by atoms with Crippen LogP contribution in [0.3, 0.4) is 0 Å². The van der Waals surface area contributed by atoms with E-state index in [9.17, 15) is 18.0 Å². The smallest absolute Gasteiger partial charge is 0.328 e. The Bertz CT molecular complexity index is 1170. The van der Waals surface area contributed by atoms with Crippen molar-refractivity contribution in [3.63, 3.8) is 0 Å². The molecule has 0 aliphatic carbocycles. The third kappa shape index (κ3) is 5.63. The molecule has 0 spiro atoms. The second-order valence-corrected chi connectivity index (χ2v) is 12.9. The first kappa shape index (κ1) is 28.6. The minimum Gasteiger partial charge on any atom is -0.353 e. The van der Waals surface area contributed by atoms with E-state index in [1.54, 1.807) is 57.0 Å². The van der Waals surface area contributed by atoms with Gasteiger partial charge in [0.25, 0.3) is 5.91 Å². The zero-order valence-corrected chi connectivity index (χ0v) is 23.8. The highest BCUT2D eigenvalue weighted by Crippen LogP contribution is 2.38. The first-order valence-electron chi connectivity index (χ1n) is 12.9. The largest absolute Gasteiger partial charge is 0.353 e. The molecule has 3 amide bonds. The normalized spacial score (nSPS) is 26.2. The average molecular weight is 570 g/mol. The lowest BCUT2D eigenvalue weighted by molar-refractivity contribution is -0.163. The van der Waals surface area contributed by atoms with Crippen molar-refractivity contribution in [1.82, 2.24) is 19.4 Å². The molecule has 13 heteroatoms. The van der Waals surface area contributed by atoms with Crippen LogP contribution in [-0.2, 0) is 30.8 Å². The Balaban J connectivity index is 1.58. The summed E-state index contributed by atoms with van der Waals surface area (Å²) in [6.45, 7) is 6.14. The van der Waals surface area contributed by atoms with Crippen molar-refractivity contribution in [2.75, 3.05) is 26.8 Å². The Labute approximate surface area is 229 Å². The number of carbonyl (C=O) groups is 2. The number of rotatable bonds is 9. The Morgan fingerprint density at radius 2 is 1.95 bits per heavy atom. The zero-order chi connectivity index (χ0) is 27.7. The van der Waals surface area contributed by atoms with Gasteiger partial charge < -0.3 is 19.3 Å². The maximum atomic E-state index is 14.0. The molecule has 4 rings (SSSR count). The third-order valence-electron chi connectivity index (χ3n) is 7.22. The van der Waals surface area contributed by atoms with Gasteiger partial charge in [0.1, 0.15) is 0 Å². The van der Waals surface area contributed by atoms with Gasteiger partial charge in [-0.1, -0.05) is 23.7 Å². The van der Waals surface area contributed by atoms with E-state index >= 15 is 0 Å². The number of sulfonamides is 1. The van der Waals surface area contributed by atoms with Crippen molar-refractivity contribution in [2.45, 2.75) is 76.2 Å². The quantitative estimate of drug-likeness (QED) is 0.454. The number of urea groups is 1. The van der Waals surface area contributed by atoms with Crippen LogP contribution in [0.25, 0.3) is 0 Å². The molecule has 0 aromatic heterocycles. The molecule has 1 N–H and O–H groups in total. The predicted molar refractivity (Wildman–Crippen MR) is 143 cm³/mol. The minimum atomic E-state index is -3.77. The van der Waals surface area contributed by atoms with Crippen molar-refractivity contribution in [3.05, 3.63) is 34.9 Å². The van der Waals surface area contributed by atoms with Gasteiger partial charge in [-0.15, -0.1) is 0 Å². The van der Waals surface area contributed by atoms with E-state index < -0.39 is 38.9 Å². The molecular weight excluding hydrogens is 534 g/mol. The minimum absolute atomic E-state index is 0.0220. The third-order valence-corrected chi connectivity index (χ3v) is 9.18. The number of imide groups is 1. The number of amides is 3. The molecule has 1 aromatic rings. The van der Waals surface area contributed by atoms with Crippen molar-refractivity contribution in [2.24, 2.45) is 4.99 Å². The van der Waals surface area contributed by atoms with Crippen molar-refractivity contribution < 1.29 is 27.5 Å². The first-order chi connectivity index (χ1) is 17.9. The van der Waals surface area contributed by atoms with Gasteiger partial charge in [-0.3, -0.25) is 14.4 Å². The molecule has 3 aliphatic rings. The number of fused-ring (bicyclic) bond motifs is 1. The van der Waals surface area contributed by atoms with Crippen LogP contribution >= 0.6 is 11.6 Å². The Morgan fingerprint density at radius 3 is 2.58 bits per heavy atom. The molecule has 11 nitrogen and oxygen atoms in total. The Kier molecular flexibility index (Phi) is 8.55. The highest BCUT2D eigenvalue weighted by Gasteiger charge is 2.61. The molecule has 1 aromatic carbocycles. The fraction of sp³-hybridized carbons (Fsp3) is 0.640. The van der Waals surface area contributed by atoms with E-state index in [1.807, 2.05) is 0 Å². The predicted octanol–water partition coefficient (Wildman–Crippen LogP) is 2.75. The highest BCUT2D eigenvalue weighted by atomic mass is 35.5. The standard InChI is InChI=1S/C25H36ClN5O6S/c1-17(2)38(34,35)28-23-27-21-25(3,31(23)16-18-9-11-19(26)12-10-18)22(32)30(24(33)29(21)4)13-7-15-37-20-8-5-6-14-36-20/h9-12,17,20-21H,5-8,13-16H2,1-4H3,(H,27,28)/t20?,21?,25-/m1/s1. The van der Waals surface area contributed by atoms with Crippen LogP contribution in [0.1, 0.15) is 52.0 Å². The molecule has 2 unspecified atom stereocenters. The first-order valence-corrected chi connectivity index (χ1v) is 14.8. The summed E-state index contributed by atoms with van der Waals surface area (Å²) in [6, 6.07) is 6.57. The number of carbonyl (C=O) groups excluding carboxylic acids is 2. The van der Waals surface area contributed by atoms with E-state index in [2.05, 4.69) is 9.71 Å². The topological polar surface area (TPSA) is 121 Å². The number of hydrogen-bond acceptors (Lipinski definition) is 8. The van der Waals surface area contributed by atoms with Crippen LogP contribution in [0.15, 0.2) is 29.3 Å². The Hall–Kier alpha value is -2.41. The summed E-state index contributed by atoms with van der Waals surface area (Å²) in [5.74, 6) is -0.426. The number of benzene rings is 1. The molecule has 3 aliphatic heterocycles. The summed E-state index contributed by atoms with van der Waals surface area (Å²) in [7, 11) is -2.20. The molecule has 0 radical (unpaired) electrons. The molecule has 210 valence electrons. The summed E-state index contributed by atoms with van der Waals surface area (Å²) < 4.78 is 39.5. The van der Waals surface area contributed by atoms with E-state index in [4.69, 9.17) is 21.1 Å². The van der Waals surface area contributed by atoms with Crippen LogP contribution in [0, 0.1) is 0 Å². The lowest BCUT2D eigenvalue weighted by Crippen LogP contribution is -2.72. The van der Waals surface area contributed by atoms with E-state index in [0.717, 1.165) is 24.8 Å². The van der Waals surface area contributed by atoms with Crippen LogP contribution in [0.2, 0.25) is 5.02 Å². The number of hydrogen-bond donors (Lipinski definition) is 1. The molecule has 0 bridgehead atoms. The number of likely N-dealkylation sites (N-methyl/N-ethyl adjacent to an activating group) is 1. The lowest BCUT2D eigenvalue weighted by Gasteiger charge is -2.48. The van der Waals surface area contributed by atoms with Crippen LogP contribution in [0.5, 0.6) is 0 Å². The van der Waals surface area contributed by atoms with E-state index in [0.29, 0.717) is 24.7 Å². The van der Waals surface area contributed by atoms with Gasteiger partial charge in [0.05, 0.1) is 11.9 Å². The number of aliphatic imine (C=N–C) groups is 1. The van der Waals surface area contributed by atoms with Crippen molar-refractivity contribution in [1.29, 1.82) is 0 Å². The average Bonchev–Trinajstić information content (AvgIpc) is 3.16. The molecule has 3 atom stereocenters. The zero-order valence-electron chi connectivity index (χ0n) is 22.2. The summed E-state index contributed by atoms with van der Waals surface area (Å²) >= 11 is 6.05. The number of nitrogens with one attached hydrogen (secondary N) is 1. The van der Waals surface area contributed by atoms with Crippen LogP contribution in [-0.4, -0.2) is 91.1 Å². The van der Waals surface area contributed by atoms with Gasteiger partial charge >= 0.3 is 6.03 Å². The van der Waals surface area contributed by atoms with Gasteiger partial charge in [-0.2, -0.15) is 0 Å². The van der Waals surface area contributed by atoms with E-state index in [1.165, 1.54) is 9.80 Å². The van der Waals surface area contributed by atoms with Crippen molar-refractivity contribution >= 4 is 39.5 Å². The monoisotopic (exact) mass is 569 g/mol. The SMILES string of the molecule is CC(C)S(=O)(=O)NC1=NC2N(C)C(=O)N(CCCOC3CCCCO3)C(=O)[C@]2(C)N1Cc1ccc(Cl)cc1. The maximum absolute atomic E-state index is 14.0. The number of nitrogens with zero attached hydrogens (tertiary/aromatic N) is 4. The molecule has 0 saturated carbocycles.